The highest BCUT2D eigenvalue weighted by molar-refractivity contribution is 9.10. The van der Waals surface area contributed by atoms with Gasteiger partial charge in [-0.3, -0.25) is 4.68 Å². The minimum Gasteiger partial charge on any atom is -0.319 e. The Morgan fingerprint density at radius 3 is 3.00 bits per heavy atom. The monoisotopic (exact) mass is 267 g/mol. The van der Waals surface area contributed by atoms with E-state index in [0.717, 1.165) is 23.1 Å². The normalized spacial score (nSPS) is 11.1. The molecule has 0 fully saturated rings. The van der Waals surface area contributed by atoms with Crippen molar-refractivity contribution >= 4 is 26.8 Å². The first-order valence-corrected chi connectivity index (χ1v) is 5.77. The van der Waals surface area contributed by atoms with Crippen molar-refractivity contribution in [1.82, 2.24) is 15.1 Å². The average Bonchev–Trinajstić information content (AvgIpc) is 2.52. The number of hydrogen-bond donors (Lipinski definition) is 1. The molecule has 2 rings (SSSR count). The van der Waals surface area contributed by atoms with Gasteiger partial charge in [-0.1, -0.05) is 6.07 Å². The lowest BCUT2D eigenvalue weighted by atomic mass is 10.1. The minimum absolute atomic E-state index is 0.923. The van der Waals surface area contributed by atoms with E-state index in [-0.39, 0.29) is 0 Å². The second-order valence-corrected chi connectivity index (χ2v) is 4.37. The Kier molecular flexibility index (Phi) is 3.07. The maximum absolute atomic E-state index is 4.33. The van der Waals surface area contributed by atoms with E-state index < -0.39 is 0 Å². The van der Waals surface area contributed by atoms with Crippen molar-refractivity contribution in [3.05, 3.63) is 28.4 Å². The molecule has 0 unspecified atom stereocenters. The van der Waals surface area contributed by atoms with Gasteiger partial charge in [0.2, 0.25) is 0 Å². The van der Waals surface area contributed by atoms with Gasteiger partial charge in [-0.15, -0.1) is 0 Å². The zero-order valence-electron chi connectivity index (χ0n) is 8.92. The summed E-state index contributed by atoms with van der Waals surface area (Å²) < 4.78 is 2.81. The summed E-state index contributed by atoms with van der Waals surface area (Å²) >= 11 is 3.47. The van der Waals surface area contributed by atoms with E-state index in [2.05, 4.69) is 44.5 Å². The SMILES string of the molecule is CNCCc1ccc2c(c1)c(Br)nn2C. The molecule has 1 heterocycles. The number of likely N-dealkylation sites (N-methyl/N-ethyl adjacent to an activating group) is 1. The summed E-state index contributed by atoms with van der Waals surface area (Å²) in [5.41, 5.74) is 2.50. The van der Waals surface area contributed by atoms with Crippen molar-refractivity contribution in [3.8, 4) is 0 Å². The number of aryl methyl sites for hydroxylation is 1. The third-order valence-corrected chi connectivity index (χ3v) is 3.12. The summed E-state index contributed by atoms with van der Waals surface area (Å²) in [4.78, 5) is 0. The second-order valence-electron chi connectivity index (χ2n) is 3.62. The van der Waals surface area contributed by atoms with Gasteiger partial charge >= 0.3 is 0 Å². The first-order valence-electron chi connectivity index (χ1n) is 4.98. The van der Waals surface area contributed by atoms with E-state index in [1.807, 2.05) is 18.8 Å². The van der Waals surface area contributed by atoms with Crippen LogP contribution in [0.15, 0.2) is 22.8 Å². The van der Waals surface area contributed by atoms with E-state index in [9.17, 15) is 0 Å². The number of halogens is 1. The molecule has 1 aromatic heterocycles. The van der Waals surface area contributed by atoms with Gasteiger partial charge in [0.1, 0.15) is 4.60 Å². The van der Waals surface area contributed by atoms with Gasteiger partial charge in [0.05, 0.1) is 5.52 Å². The molecule has 0 bridgehead atoms. The third kappa shape index (κ3) is 2.06. The van der Waals surface area contributed by atoms with Crippen molar-refractivity contribution in [1.29, 1.82) is 0 Å². The van der Waals surface area contributed by atoms with E-state index in [1.165, 1.54) is 10.9 Å². The maximum atomic E-state index is 4.33. The van der Waals surface area contributed by atoms with Crippen LogP contribution in [0.3, 0.4) is 0 Å². The Morgan fingerprint density at radius 2 is 2.27 bits per heavy atom. The Bertz CT molecular complexity index is 476. The molecule has 0 aliphatic carbocycles. The molecule has 2 aromatic rings. The molecule has 0 saturated heterocycles. The molecule has 0 radical (unpaired) electrons. The lowest BCUT2D eigenvalue weighted by molar-refractivity contribution is 0.787. The van der Waals surface area contributed by atoms with Crippen LogP contribution in [-0.2, 0) is 13.5 Å². The number of benzene rings is 1. The summed E-state index contributed by atoms with van der Waals surface area (Å²) in [7, 11) is 3.93. The Hall–Kier alpha value is -0.870. The topological polar surface area (TPSA) is 29.9 Å². The molecule has 4 heteroatoms. The highest BCUT2D eigenvalue weighted by Gasteiger charge is 2.06. The van der Waals surface area contributed by atoms with Gasteiger partial charge in [-0.2, -0.15) is 5.10 Å². The molecule has 0 aliphatic rings. The Labute approximate surface area is 97.6 Å². The predicted octanol–water partition coefficient (Wildman–Crippen LogP) is 2.10. The van der Waals surface area contributed by atoms with E-state index in [0.29, 0.717) is 0 Å². The molecule has 0 spiro atoms. The summed E-state index contributed by atoms with van der Waals surface area (Å²) in [6.45, 7) is 1.00. The highest BCUT2D eigenvalue weighted by Crippen LogP contribution is 2.23. The lowest BCUT2D eigenvalue weighted by Gasteiger charge is -2.01. The number of hydrogen-bond acceptors (Lipinski definition) is 2. The summed E-state index contributed by atoms with van der Waals surface area (Å²) in [6.07, 6.45) is 1.05. The van der Waals surface area contributed by atoms with Crippen LogP contribution >= 0.6 is 15.9 Å². The van der Waals surface area contributed by atoms with Crippen LogP contribution in [0.1, 0.15) is 5.56 Å². The average molecular weight is 268 g/mol. The number of nitrogens with zero attached hydrogens (tertiary/aromatic N) is 2. The smallest absolute Gasteiger partial charge is 0.135 e. The van der Waals surface area contributed by atoms with E-state index in [4.69, 9.17) is 0 Å². The molecule has 0 aliphatic heterocycles. The summed E-state index contributed by atoms with van der Waals surface area (Å²) in [6, 6.07) is 6.48. The predicted molar refractivity (Wildman–Crippen MR) is 66.0 cm³/mol. The first kappa shape index (κ1) is 10.6. The fourth-order valence-corrected chi connectivity index (χ4v) is 2.25. The zero-order chi connectivity index (χ0) is 10.8. The van der Waals surface area contributed by atoms with Crippen LogP contribution in [-0.4, -0.2) is 23.4 Å². The Morgan fingerprint density at radius 1 is 1.47 bits per heavy atom. The molecule has 0 amide bonds. The fraction of sp³-hybridized carbons (Fsp3) is 0.364. The number of aromatic nitrogens is 2. The van der Waals surface area contributed by atoms with Gasteiger partial charge in [0, 0.05) is 12.4 Å². The summed E-state index contributed by atoms with van der Waals surface area (Å²) in [5, 5.41) is 8.67. The van der Waals surface area contributed by atoms with Crippen LogP contribution in [0.5, 0.6) is 0 Å². The van der Waals surface area contributed by atoms with E-state index in [1.54, 1.807) is 0 Å². The molecule has 3 nitrogen and oxygen atoms in total. The van der Waals surface area contributed by atoms with Crippen LogP contribution in [0, 0.1) is 0 Å². The van der Waals surface area contributed by atoms with Crippen LogP contribution < -0.4 is 5.32 Å². The largest absolute Gasteiger partial charge is 0.319 e. The van der Waals surface area contributed by atoms with Gasteiger partial charge < -0.3 is 5.32 Å². The molecule has 0 atom stereocenters. The second kappa shape index (κ2) is 4.33. The minimum atomic E-state index is 0.923. The van der Waals surface area contributed by atoms with Crippen molar-refractivity contribution < 1.29 is 0 Å². The lowest BCUT2D eigenvalue weighted by Crippen LogP contribution is -2.10. The van der Waals surface area contributed by atoms with Crippen molar-refractivity contribution in [2.45, 2.75) is 6.42 Å². The van der Waals surface area contributed by atoms with Gasteiger partial charge in [0.25, 0.3) is 0 Å². The standard InChI is InChI=1S/C11H14BrN3/c1-13-6-5-8-3-4-10-9(7-8)11(12)14-15(10)2/h3-4,7,13H,5-6H2,1-2H3. The molecule has 15 heavy (non-hydrogen) atoms. The number of nitrogens with one attached hydrogen (secondary N) is 1. The van der Waals surface area contributed by atoms with Crippen LogP contribution in [0.2, 0.25) is 0 Å². The molecule has 1 N–H and O–H groups in total. The molecule has 0 saturated carbocycles. The van der Waals surface area contributed by atoms with Crippen molar-refractivity contribution in [2.24, 2.45) is 7.05 Å². The van der Waals surface area contributed by atoms with Crippen LogP contribution in [0.4, 0.5) is 0 Å². The molecule has 1 aromatic carbocycles. The third-order valence-electron chi connectivity index (χ3n) is 2.53. The quantitative estimate of drug-likeness (QED) is 0.923. The van der Waals surface area contributed by atoms with Gasteiger partial charge in [-0.25, -0.2) is 0 Å². The van der Waals surface area contributed by atoms with Crippen molar-refractivity contribution in [2.75, 3.05) is 13.6 Å². The molecular weight excluding hydrogens is 254 g/mol. The zero-order valence-corrected chi connectivity index (χ0v) is 10.5. The van der Waals surface area contributed by atoms with Crippen molar-refractivity contribution in [3.63, 3.8) is 0 Å². The van der Waals surface area contributed by atoms with Gasteiger partial charge in [-0.05, 0) is 53.6 Å². The first-order chi connectivity index (χ1) is 7.22. The number of rotatable bonds is 3. The maximum Gasteiger partial charge on any atom is 0.135 e. The molecular formula is C11H14BrN3. The van der Waals surface area contributed by atoms with Gasteiger partial charge in [0.15, 0.2) is 0 Å². The fourth-order valence-electron chi connectivity index (χ4n) is 1.69. The summed E-state index contributed by atoms with van der Waals surface area (Å²) in [5.74, 6) is 0. The van der Waals surface area contributed by atoms with Crippen LogP contribution in [0.25, 0.3) is 10.9 Å². The van der Waals surface area contributed by atoms with E-state index >= 15 is 0 Å². The Balaban J connectivity index is 2.41. The highest BCUT2D eigenvalue weighted by atomic mass is 79.9. The molecule has 80 valence electrons. The number of fused-ring (bicyclic) bond motifs is 1.